The second-order valence-electron chi connectivity index (χ2n) is 6.69. The van der Waals surface area contributed by atoms with Crippen LogP contribution in [0, 0.1) is 5.41 Å². The summed E-state index contributed by atoms with van der Waals surface area (Å²) < 4.78 is 31.4. The minimum atomic E-state index is -2.63. The number of aromatic amines is 1. The lowest BCUT2D eigenvalue weighted by Gasteiger charge is -2.36. The van der Waals surface area contributed by atoms with Crippen LogP contribution in [0.5, 0.6) is 0 Å². The van der Waals surface area contributed by atoms with Gasteiger partial charge in [-0.2, -0.15) is 5.10 Å². The van der Waals surface area contributed by atoms with E-state index in [-0.39, 0.29) is 37.5 Å². The fourth-order valence-corrected chi connectivity index (χ4v) is 3.24. The zero-order chi connectivity index (χ0) is 18.3. The van der Waals surface area contributed by atoms with Crippen LogP contribution in [0.4, 0.5) is 8.78 Å². The predicted molar refractivity (Wildman–Crippen MR) is 86.4 cm³/mol. The van der Waals surface area contributed by atoms with Crippen molar-refractivity contribution in [2.45, 2.75) is 19.3 Å². The van der Waals surface area contributed by atoms with E-state index in [4.69, 9.17) is 4.42 Å². The van der Waals surface area contributed by atoms with Gasteiger partial charge in [0.1, 0.15) is 11.1 Å². The molecule has 1 N–H and O–H groups in total. The molecule has 2 aliphatic rings. The van der Waals surface area contributed by atoms with Crippen molar-refractivity contribution >= 4 is 11.8 Å². The summed E-state index contributed by atoms with van der Waals surface area (Å²) in [6, 6.07) is 5.09. The molecule has 0 aromatic carbocycles. The molecular formula is C17H18F2N4O3. The molecule has 3 heterocycles. The maximum Gasteiger partial charge on any atom is 0.274 e. The summed E-state index contributed by atoms with van der Waals surface area (Å²) in [5.41, 5.74) is -0.631. The van der Waals surface area contributed by atoms with Crippen molar-refractivity contribution in [3.8, 4) is 11.5 Å². The molecule has 0 unspecified atom stereocenters. The zero-order valence-electron chi connectivity index (χ0n) is 14.0. The Kier molecular flexibility index (Phi) is 4.01. The van der Waals surface area contributed by atoms with Crippen molar-refractivity contribution in [3.63, 3.8) is 0 Å². The number of rotatable bonds is 4. The number of carbonyl (C=O) groups is 2. The molecule has 0 bridgehead atoms. The molecule has 1 saturated carbocycles. The van der Waals surface area contributed by atoms with Gasteiger partial charge in [-0.1, -0.05) is 0 Å². The molecule has 2 fully saturated rings. The Balaban J connectivity index is 1.37. The van der Waals surface area contributed by atoms with E-state index in [2.05, 4.69) is 10.2 Å². The van der Waals surface area contributed by atoms with Gasteiger partial charge in [0.05, 0.1) is 6.26 Å². The van der Waals surface area contributed by atoms with Crippen molar-refractivity contribution in [2.75, 3.05) is 26.2 Å². The van der Waals surface area contributed by atoms with Crippen LogP contribution >= 0.6 is 0 Å². The van der Waals surface area contributed by atoms with E-state index in [1.807, 2.05) is 0 Å². The molecule has 0 atom stereocenters. The minimum Gasteiger partial charge on any atom is -0.463 e. The summed E-state index contributed by atoms with van der Waals surface area (Å²) in [6.45, 7) is 1.11. The van der Waals surface area contributed by atoms with E-state index in [0.717, 1.165) is 0 Å². The highest BCUT2D eigenvalue weighted by atomic mass is 19.3. The highest BCUT2D eigenvalue weighted by molar-refractivity contribution is 5.93. The number of piperazine rings is 1. The van der Waals surface area contributed by atoms with Crippen LogP contribution in [-0.4, -0.2) is 64.4 Å². The topological polar surface area (TPSA) is 82.4 Å². The first-order chi connectivity index (χ1) is 12.5. The Bertz CT molecular complexity index is 806. The molecule has 138 valence electrons. The molecule has 2 aromatic heterocycles. The summed E-state index contributed by atoms with van der Waals surface area (Å²) in [4.78, 5) is 27.9. The number of hydrogen-bond acceptors (Lipinski definition) is 4. The molecule has 0 spiro atoms. The van der Waals surface area contributed by atoms with Crippen LogP contribution in [0.3, 0.4) is 0 Å². The fourth-order valence-electron chi connectivity index (χ4n) is 3.24. The van der Waals surface area contributed by atoms with Crippen LogP contribution in [0.2, 0.25) is 0 Å². The predicted octanol–water partition coefficient (Wildman–Crippen LogP) is 2.00. The maximum absolute atomic E-state index is 13.1. The molecule has 26 heavy (non-hydrogen) atoms. The first-order valence-corrected chi connectivity index (χ1v) is 8.47. The summed E-state index contributed by atoms with van der Waals surface area (Å²) in [5, 5.41) is 6.77. The van der Waals surface area contributed by atoms with Crippen LogP contribution in [0.15, 0.2) is 28.9 Å². The van der Waals surface area contributed by atoms with Crippen molar-refractivity contribution in [1.29, 1.82) is 0 Å². The maximum atomic E-state index is 13.1. The van der Waals surface area contributed by atoms with E-state index in [1.54, 1.807) is 23.1 Å². The number of aromatic nitrogens is 2. The lowest BCUT2D eigenvalue weighted by molar-refractivity contribution is -0.144. The molecule has 1 aliphatic heterocycles. The second-order valence-corrected chi connectivity index (χ2v) is 6.69. The van der Waals surface area contributed by atoms with Gasteiger partial charge < -0.3 is 14.2 Å². The number of furan rings is 1. The third-order valence-electron chi connectivity index (χ3n) is 5.07. The summed E-state index contributed by atoms with van der Waals surface area (Å²) in [7, 11) is 0. The number of alkyl halides is 2. The smallest absolute Gasteiger partial charge is 0.274 e. The Hall–Kier alpha value is -2.71. The van der Waals surface area contributed by atoms with Gasteiger partial charge in [0.25, 0.3) is 12.3 Å². The highest BCUT2D eigenvalue weighted by Crippen LogP contribution is 2.52. The van der Waals surface area contributed by atoms with E-state index < -0.39 is 17.7 Å². The standard InChI is InChI=1S/C17H18F2N4O3/c18-15(19)17(3-4-17)16(25)23-7-5-22(6-8-23)14(24)12-10-11(20-21-12)13-2-1-9-26-13/h1-2,9-10,15H,3-8H2,(H,20,21). The third kappa shape index (κ3) is 2.77. The monoisotopic (exact) mass is 364 g/mol. The average Bonchev–Trinajstić information content (AvgIpc) is 3.07. The molecule has 4 rings (SSSR count). The first kappa shape index (κ1) is 16.7. The third-order valence-corrected chi connectivity index (χ3v) is 5.07. The van der Waals surface area contributed by atoms with Gasteiger partial charge in [0.2, 0.25) is 5.91 Å². The Morgan fingerprint density at radius 3 is 2.46 bits per heavy atom. The molecule has 0 radical (unpaired) electrons. The molecular weight excluding hydrogens is 346 g/mol. The molecule has 1 aliphatic carbocycles. The Labute approximate surface area is 147 Å². The molecule has 1 saturated heterocycles. The normalized spacial score (nSPS) is 19.0. The van der Waals surface area contributed by atoms with Gasteiger partial charge in [-0.05, 0) is 25.0 Å². The number of hydrogen-bond donors (Lipinski definition) is 1. The lowest BCUT2D eigenvalue weighted by Crippen LogP contribution is -2.53. The van der Waals surface area contributed by atoms with Gasteiger partial charge >= 0.3 is 0 Å². The zero-order valence-corrected chi connectivity index (χ0v) is 14.0. The lowest BCUT2D eigenvalue weighted by atomic mass is 10.1. The van der Waals surface area contributed by atoms with Gasteiger partial charge in [-0.25, -0.2) is 8.78 Å². The summed E-state index contributed by atoms with van der Waals surface area (Å²) in [5.74, 6) is -0.172. The van der Waals surface area contributed by atoms with Crippen molar-refractivity contribution in [3.05, 3.63) is 30.2 Å². The number of nitrogens with one attached hydrogen (secondary N) is 1. The van der Waals surface area contributed by atoms with E-state index >= 15 is 0 Å². The van der Waals surface area contributed by atoms with Crippen LogP contribution in [-0.2, 0) is 4.79 Å². The van der Waals surface area contributed by atoms with Crippen LogP contribution in [0.1, 0.15) is 23.3 Å². The Morgan fingerprint density at radius 1 is 1.19 bits per heavy atom. The van der Waals surface area contributed by atoms with Gasteiger partial charge in [0, 0.05) is 32.2 Å². The van der Waals surface area contributed by atoms with Crippen molar-refractivity contribution in [2.24, 2.45) is 5.41 Å². The van der Waals surface area contributed by atoms with E-state index in [0.29, 0.717) is 24.5 Å². The van der Waals surface area contributed by atoms with Crippen LogP contribution < -0.4 is 0 Å². The molecule has 9 heteroatoms. The van der Waals surface area contributed by atoms with Crippen molar-refractivity contribution < 1.29 is 22.8 Å². The number of halogens is 2. The number of nitrogens with zero attached hydrogens (tertiary/aromatic N) is 3. The molecule has 2 amide bonds. The van der Waals surface area contributed by atoms with Crippen LogP contribution in [0.25, 0.3) is 11.5 Å². The average molecular weight is 364 g/mol. The SMILES string of the molecule is O=C(c1cc(-c2ccco2)[nH]n1)N1CCN(C(=O)C2(C(F)F)CC2)CC1. The number of amides is 2. The van der Waals surface area contributed by atoms with Gasteiger partial charge in [0.15, 0.2) is 11.5 Å². The second kappa shape index (κ2) is 6.22. The molecule has 2 aromatic rings. The summed E-state index contributed by atoms with van der Waals surface area (Å²) >= 11 is 0. The van der Waals surface area contributed by atoms with Crippen molar-refractivity contribution in [1.82, 2.24) is 20.0 Å². The number of H-pyrrole nitrogens is 1. The summed E-state index contributed by atoms with van der Waals surface area (Å²) in [6.07, 6.45) is -0.615. The molecule has 7 nitrogen and oxygen atoms in total. The largest absolute Gasteiger partial charge is 0.463 e. The van der Waals surface area contributed by atoms with E-state index in [1.165, 1.54) is 11.2 Å². The Morgan fingerprint density at radius 2 is 1.88 bits per heavy atom. The number of carbonyl (C=O) groups excluding carboxylic acids is 2. The van der Waals surface area contributed by atoms with Gasteiger partial charge in [-0.3, -0.25) is 14.7 Å². The quantitative estimate of drug-likeness (QED) is 0.900. The highest BCUT2D eigenvalue weighted by Gasteiger charge is 2.59. The fraction of sp³-hybridized carbons (Fsp3) is 0.471. The van der Waals surface area contributed by atoms with E-state index in [9.17, 15) is 18.4 Å². The minimum absolute atomic E-state index is 0.242. The first-order valence-electron chi connectivity index (χ1n) is 8.47. The van der Waals surface area contributed by atoms with Gasteiger partial charge in [-0.15, -0.1) is 0 Å².